The molecule has 0 aliphatic carbocycles. The molecule has 0 radical (unpaired) electrons. The standard InChI is InChI=1S/C19H24ClN/c1-14(2)11-16-7-9-17(10-8-16)13-21-15(3)18-5-4-6-19(20)12-18/h4-10,12,14-15,21H,11,13H2,1-3H3/t15-/m1/s1. The van der Waals surface area contributed by atoms with Gasteiger partial charge in [0.2, 0.25) is 0 Å². The van der Waals surface area contributed by atoms with E-state index in [0.29, 0.717) is 12.0 Å². The topological polar surface area (TPSA) is 12.0 Å². The highest BCUT2D eigenvalue weighted by Gasteiger charge is 2.05. The van der Waals surface area contributed by atoms with Crippen LogP contribution in [0.15, 0.2) is 48.5 Å². The third-order valence-electron chi connectivity index (χ3n) is 3.63. The third kappa shape index (κ3) is 5.18. The summed E-state index contributed by atoms with van der Waals surface area (Å²) in [5.41, 5.74) is 3.95. The van der Waals surface area contributed by atoms with E-state index in [2.05, 4.69) is 56.4 Å². The lowest BCUT2D eigenvalue weighted by Crippen LogP contribution is -2.18. The lowest BCUT2D eigenvalue weighted by atomic mass is 10.0. The van der Waals surface area contributed by atoms with Crippen molar-refractivity contribution in [3.05, 3.63) is 70.2 Å². The van der Waals surface area contributed by atoms with Crippen molar-refractivity contribution in [3.8, 4) is 0 Å². The highest BCUT2D eigenvalue weighted by Crippen LogP contribution is 2.18. The van der Waals surface area contributed by atoms with Crippen molar-refractivity contribution in [1.29, 1.82) is 0 Å². The van der Waals surface area contributed by atoms with Crippen LogP contribution in [0.4, 0.5) is 0 Å². The highest BCUT2D eigenvalue weighted by molar-refractivity contribution is 6.30. The Kier molecular flexibility index (Phi) is 5.84. The summed E-state index contributed by atoms with van der Waals surface area (Å²) in [6.45, 7) is 7.54. The minimum atomic E-state index is 0.291. The molecule has 21 heavy (non-hydrogen) atoms. The van der Waals surface area contributed by atoms with E-state index in [4.69, 9.17) is 11.6 Å². The van der Waals surface area contributed by atoms with Gasteiger partial charge in [-0.05, 0) is 48.1 Å². The molecule has 0 saturated heterocycles. The molecule has 2 heteroatoms. The molecule has 1 nitrogen and oxygen atoms in total. The van der Waals surface area contributed by atoms with Gasteiger partial charge in [-0.15, -0.1) is 0 Å². The maximum atomic E-state index is 6.04. The summed E-state index contributed by atoms with van der Waals surface area (Å²) in [6, 6.07) is 17.2. The molecule has 0 aromatic heterocycles. The predicted molar refractivity (Wildman–Crippen MR) is 91.7 cm³/mol. The van der Waals surface area contributed by atoms with Gasteiger partial charge in [-0.1, -0.05) is 61.8 Å². The fourth-order valence-electron chi connectivity index (χ4n) is 2.43. The molecule has 0 aliphatic heterocycles. The number of hydrogen-bond donors (Lipinski definition) is 1. The highest BCUT2D eigenvalue weighted by atomic mass is 35.5. The van der Waals surface area contributed by atoms with Gasteiger partial charge < -0.3 is 5.32 Å². The summed E-state index contributed by atoms with van der Waals surface area (Å²) in [6.07, 6.45) is 1.15. The van der Waals surface area contributed by atoms with Crippen molar-refractivity contribution >= 4 is 11.6 Å². The van der Waals surface area contributed by atoms with Crippen LogP contribution in [-0.4, -0.2) is 0 Å². The molecule has 0 aliphatic rings. The second-order valence-electron chi connectivity index (χ2n) is 6.07. The average molecular weight is 302 g/mol. The van der Waals surface area contributed by atoms with Gasteiger partial charge in [0.15, 0.2) is 0 Å². The second kappa shape index (κ2) is 7.63. The number of nitrogens with one attached hydrogen (secondary N) is 1. The normalized spacial score (nSPS) is 12.6. The first-order valence-corrected chi connectivity index (χ1v) is 7.99. The van der Waals surface area contributed by atoms with Crippen LogP contribution in [0.3, 0.4) is 0 Å². The first-order chi connectivity index (χ1) is 10.0. The molecule has 2 aromatic rings. The summed E-state index contributed by atoms with van der Waals surface area (Å²) < 4.78 is 0. The molecule has 0 saturated carbocycles. The van der Waals surface area contributed by atoms with Crippen LogP contribution in [0.2, 0.25) is 5.02 Å². The summed E-state index contributed by atoms with van der Waals surface area (Å²) in [5, 5.41) is 4.33. The number of hydrogen-bond acceptors (Lipinski definition) is 1. The Hall–Kier alpha value is -1.31. The zero-order chi connectivity index (χ0) is 15.2. The Morgan fingerprint density at radius 3 is 2.24 bits per heavy atom. The van der Waals surface area contributed by atoms with Crippen LogP contribution in [0.5, 0.6) is 0 Å². The monoisotopic (exact) mass is 301 g/mol. The van der Waals surface area contributed by atoms with Crippen molar-refractivity contribution < 1.29 is 0 Å². The largest absolute Gasteiger partial charge is 0.306 e. The van der Waals surface area contributed by atoms with Crippen LogP contribution >= 0.6 is 11.6 Å². The van der Waals surface area contributed by atoms with Gasteiger partial charge in [-0.2, -0.15) is 0 Å². The zero-order valence-electron chi connectivity index (χ0n) is 13.1. The first-order valence-electron chi connectivity index (χ1n) is 7.61. The van der Waals surface area contributed by atoms with E-state index in [9.17, 15) is 0 Å². The van der Waals surface area contributed by atoms with E-state index >= 15 is 0 Å². The quantitative estimate of drug-likeness (QED) is 0.754. The molecule has 1 atom stereocenters. The van der Waals surface area contributed by atoms with E-state index in [1.807, 2.05) is 18.2 Å². The molecule has 0 spiro atoms. The third-order valence-corrected chi connectivity index (χ3v) is 3.86. The van der Waals surface area contributed by atoms with Crippen molar-refractivity contribution in [2.45, 2.75) is 39.8 Å². The lowest BCUT2D eigenvalue weighted by molar-refractivity contribution is 0.574. The van der Waals surface area contributed by atoms with Crippen molar-refractivity contribution in [2.24, 2.45) is 5.92 Å². The smallest absolute Gasteiger partial charge is 0.0409 e. The van der Waals surface area contributed by atoms with Crippen LogP contribution in [-0.2, 0) is 13.0 Å². The Morgan fingerprint density at radius 1 is 0.952 bits per heavy atom. The maximum absolute atomic E-state index is 6.04. The minimum Gasteiger partial charge on any atom is -0.306 e. The second-order valence-corrected chi connectivity index (χ2v) is 6.51. The molecule has 0 heterocycles. The molecular formula is C19H24ClN. The van der Waals surface area contributed by atoms with Gasteiger partial charge in [0, 0.05) is 17.6 Å². The summed E-state index contributed by atoms with van der Waals surface area (Å²) in [5.74, 6) is 0.705. The Bertz CT molecular complexity index is 560. The Labute approximate surface area is 133 Å². The van der Waals surface area contributed by atoms with Gasteiger partial charge in [-0.3, -0.25) is 0 Å². The molecule has 112 valence electrons. The molecule has 2 rings (SSSR count). The van der Waals surface area contributed by atoms with Crippen molar-refractivity contribution in [3.63, 3.8) is 0 Å². The number of halogens is 1. The Balaban J connectivity index is 1.90. The van der Waals surface area contributed by atoms with Gasteiger partial charge in [-0.25, -0.2) is 0 Å². The van der Waals surface area contributed by atoms with Gasteiger partial charge in [0.05, 0.1) is 0 Å². The van der Waals surface area contributed by atoms with Crippen molar-refractivity contribution in [1.82, 2.24) is 5.32 Å². The first kappa shape index (κ1) is 16.1. The van der Waals surface area contributed by atoms with E-state index in [1.165, 1.54) is 16.7 Å². The fourth-order valence-corrected chi connectivity index (χ4v) is 2.63. The molecule has 0 unspecified atom stereocenters. The molecule has 2 aromatic carbocycles. The van der Waals surface area contributed by atoms with Crippen LogP contribution < -0.4 is 5.32 Å². The summed E-state index contributed by atoms with van der Waals surface area (Å²) >= 11 is 6.04. The lowest BCUT2D eigenvalue weighted by Gasteiger charge is -2.15. The number of benzene rings is 2. The summed E-state index contributed by atoms with van der Waals surface area (Å²) in [7, 11) is 0. The maximum Gasteiger partial charge on any atom is 0.0409 e. The number of rotatable bonds is 6. The van der Waals surface area contributed by atoms with E-state index in [-0.39, 0.29) is 0 Å². The van der Waals surface area contributed by atoms with Crippen LogP contribution in [0.25, 0.3) is 0 Å². The fraction of sp³-hybridized carbons (Fsp3) is 0.368. The molecule has 0 fully saturated rings. The SMILES string of the molecule is CC(C)Cc1ccc(CN[C@H](C)c2cccc(Cl)c2)cc1. The van der Waals surface area contributed by atoms with Crippen molar-refractivity contribution in [2.75, 3.05) is 0 Å². The summed E-state index contributed by atoms with van der Waals surface area (Å²) in [4.78, 5) is 0. The van der Waals surface area contributed by atoms with Gasteiger partial charge in [0.1, 0.15) is 0 Å². The Morgan fingerprint density at radius 2 is 1.62 bits per heavy atom. The minimum absolute atomic E-state index is 0.291. The van der Waals surface area contributed by atoms with Gasteiger partial charge >= 0.3 is 0 Å². The molecule has 1 N–H and O–H groups in total. The average Bonchev–Trinajstić information content (AvgIpc) is 2.45. The molecule has 0 bridgehead atoms. The van der Waals surface area contributed by atoms with E-state index in [0.717, 1.165) is 18.0 Å². The molecular weight excluding hydrogens is 278 g/mol. The van der Waals surface area contributed by atoms with Gasteiger partial charge in [0.25, 0.3) is 0 Å². The van der Waals surface area contributed by atoms with E-state index < -0.39 is 0 Å². The zero-order valence-corrected chi connectivity index (χ0v) is 13.8. The predicted octanol–water partition coefficient (Wildman–Crippen LogP) is 5.39. The molecule has 0 amide bonds. The van der Waals surface area contributed by atoms with Crippen LogP contribution in [0.1, 0.15) is 43.5 Å². The van der Waals surface area contributed by atoms with Crippen LogP contribution in [0, 0.1) is 5.92 Å². The van der Waals surface area contributed by atoms with E-state index in [1.54, 1.807) is 0 Å².